The number of fused-ring (bicyclic) bond motifs is 1. The smallest absolute Gasteiger partial charge is 0.311 e. The number of pyridine rings is 1. The number of aliphatic hydroxyl groups is 1. The Morgan fingerprint density at radius 1 is 1.45 bits per heavy atom. The third-order valence-corrected chi connectivity index (χ3v) is 3.69. The van der Waals surface area contributed by atoms with Gasteiger partial charge in [0.15, 0.2) is 0 Å². The van der Waals surface area contributed by atoms with Gasteiger partial charge in [0, 0.05) is 18.5 Å². The van der Waals surface area contributed by atoms with Gasteiger partial charge in [0.05, 0.1) is 16.0 Å². The number of hydrogen-bond acceptors (Lipinski definition) is 5. The third kappa shape index (κ3) is 2.08. The Hall–Kier alpha value is -2.21. The SMILES string of the molecule is CC1(O)CCN(c2c([N+](=O)[O-])cnc3ccccc23)C1. The van der Waals surface area contributed by atoms with E-state index in [4.69, 9.17) is 0 Å². The average Bonchev–Trinajstić information content (AvgIpc) is 2.77. The number of nitro groups is 1. The first kappa shape index (κ1) is 12.8. The maximum absolute atomic E-state index is 11.3. The van der Waals surface area contributed by atoms with Crippen molar-refractivity contribution >= 4 is 22.3 Å². The Kier molecular flexibility index (Phi) is 2.83. The first-order chi connectivity index (χ1) is 9.48. The van der Waals surface area contributed by atoms with Crippen LogP contribution in [0.5, 0.6) is 0 Å². The second-order valence-electron chi connectivity index (χ2n) is 5.43. The van der Waals surface area contributed by atoms with Crippen molar-refractivity contribution in [1.82, 2.24) is 4.98 Å². The third-order valence-electron chi connectivity index (χ3n) is 3.69. The summed E-state index contributed by atoms with van der Waals surface area (Å²) in [5.74, 6) is 0. The number of para-hydroxylation sites is 1. The Labute approximate surface area is 115 Å². The molecule has 1 aromatic carbocycles. The number of hydrogen-bond donors (Lipinski definition) is 1. The molecule has 0 bridgehead atoms. The second kappa shape index (κ2) is 4.42. The molecule has 6 nitrogen and oxygen atoms in total. The zero-order chi connectivity index (χ0) is 14.3. The van der Waals surface area contributed by atoms with Gasteiger partial charge < -0.3 is 10.0 Å². The highest BCUT2D eigenvalue weighted by Gasteiger charge is 2.35. The first-order valence-electron chi connectivity index (χ1n) is 6.47. The summed E-state index contributed by atoms with van der Waals surface area (Å²) in [7, 11) is 0. The lowest BCUT2D eigenvalue weighted by atomic mass is 10.1. The lowest BCUT2D eigenvalue weighted by Gasteiger charge is -2.21. The fourth-order valence-corrected chi connectivity index (χ4v) is 2.72. The van der Waals surface area contributed by atoms with Gasteiger partial charge in [-0.15, -0.1) is 0 Å². The second-order valence-corrected chi connectivity index (χ2v) is 5.43. The molecule has 1 aromatic heterocycles. The fourth-order valence-electron chi connectivity index (χ4n) is 2.72. The van der Waals surface area contributed by atoms with Crippen molar-refractivity contribution < 1.29 is 10.0 Å². The maximum Gasteiger partial charge on any atom is 0.311 e. The Morgan fingerprint density at radius 3 is 2.85 bits per heavy atom. The van der Waals surface area contributed by atoms with E-state index < -0.39 is 10.5 Å². The largest absolute Gasteiger partial charge is 0.388 e. The van der Waals surface area contributed by atoms with Gasteiger partial charge in [0.1, 0.15) is 11.9 Å². The lowest BCUT2D eigenvalue weighted by molar-refractivity contribution is -0.384. The molecule has 1 aliphatic rings. The van der Waals surface area contributed by atoms with E-state index in [9.17, 15) is 15.2 Å². The number of aromatic nitrogens is 1. The van der Waals surface area contributed by atoms with Gasteiger partial charge in [0.25, 0.3) is 0 Å². The Morgan fingerprint density at radius 2 is 2.20 bits per heavy atom. The van der Waals surface area contributed by atoms with E-state index in [0.717, 1.165) is 10.9 Å². The molecule has 0 spiro atoms. The van der Waals surface area contributed by atoms with Crippen molar-refractivity contribution in [2.45, 2.75) is 18.9 Å². The summed E-state index contributed by atoms with van der Waals surface area (Å²) >= 11 is 0. The minimum Gasteiger partial charge on any atom is -0.388 e. The number of benzene rings is 1. The molecule has 3 rings (SSSR count). The van der Waals surface area contributed by atoms with E-state index in [1.165, 1.54) is 6.20 Å². The van der Waals surface area contributed by atoms with Crippen LogP contribution in [0, 0.1) is 10.1 Å². The number of rotatable bonds is 2. The molecule has 1 saturated heterocycles. The Bertz CT molecular complexity index is 684. The monoisotopic (exact) mass is 273 g/mol. The van der Waals surface area contributed by atoms with Crippen LogP contribution >= 0.6 is 0 Å². The molecule has 0 aliphatic carbocycles. The molecule has 104 valence electrons. The molecule has 1 fully saturated rings. The summed E-state index contributed by atoms with van der Waals surface area (Å²) in [5.41, 5.74) is 0.456. The van der Waals surface area contributed by atoms with Crippen LogP contribution in [0.4, 0.5) is 11.4 Å². The topological polar surface area (TPSA) is 79.5 Å². The van der Waals surface area contributed by atoms with E-state index in [1.807, 2.05) is 29.2 Å². The van der Waals surface area contributed by atoms with Crippen LogP contribution < -0.4 is 4.90 Å². The van der Waals surface area contributed by atoms with Crippen LogP contribution in [-0.4, -0.2) is 33.7 Å². The Balaban J connectivity index is 2.21. The molecular formula is C14H15N3O3. The number of nitrogens with zero attached hydrogens (tertiary/aromatic N) is 3. The van der Waals surface area contributed by atoms with E-state index >= 15 is 0 Å². The van der Waals surface area contributed by atoms with Crippen LogP contribution in [0.15, 0.2) is 30.5 Å². The normalized spacial score (nSPS) is 22.4. The van der Waals surface area contributed by atoms with Crippen molar-refractivity contribution in [1.29, 1.82) is 0 Å². The van der Waals surface area contributed by atoms with Crippen molar-refractivity contribution in [3.8, 4) is 0 Å². The zero-order valence-corrected chi connectivity index (χ0v) is 11.1. The summed E-state index contributed by atoms with van der Waals surface area (Å²) in [6.45, 7) is 2.74. The molecule has 0 saturated carbocycles. The summed E-state index contributed by atoms with van der Waals surface area (Å²) < 4.78 is 0. The van der Waals surface area contributed by atoms with Gasteiger partial charge in [-0.05, 0) is 19.4 Å². The molecule has 0 amide bonds. The summed E-state index contributed by atoms with van der Waals surface area (Å²) in [6.07, 6.45) is 1.89. The van der Waals surface area contributed by atoms with Gasteiger partial charge in [-0.2, -0.15) is 0 Å². The predicted octanol–water partition coefficient (Wildman–Crippen LogP) is 2.10. The number of anilines is 1. The van der Waals surface area contributed by atoms with E-state index in [0.29, 0.717) is 25.2 Å². The lowest BCUT2D eigenvalue weighted by Crippen LogP contribution is -2.30. The maximum atomic E-state index is 11.3. The molecule has 20 heavy (non-hydrogen) atoms. The van der Waals surface area contributed by atoms with Gasteiger partial charge >= 0.3 is 5.69 Å². The molecule has 2 aromatic rings. The summed E-state index contributed by atoms with van der Waals surface area (Å²) in [6, 6.07) is 7.35. The van der Waals surface area contributed by atoms with Gasteiger partial charge in [-0.1, -0.05) is 18.2 Å². The zero-order valence-electron chi connectivity index (χ0n) is 11.1. The molecule has 1 aliphatic heterocycles. The van der Waals surface area contributed by atoms with Gasteiger partial charge in [0.2, 0.25) is 0 Å². The average molecular weight is 273 g/mol. The quantitative estimate of drug-likeness (QED) is 0.669. The van der Waals surface area contributed by atoms with Crippen LogP contribution in [0.1, 0.15) is 13.3 Å². The highest BCUT2D eigenvalue weighted by atomic mass is 16.6. The highest BCUT2D eigenvalue weighted by Crippen LogP contribution is 2.38. The minimum absolute atomic E-state index is 0.0126. The highest BCUT2D eigenvalue weighted by molar-refractivity contribution is 5.96. The predicted molar refractivity (Wildman–Crippen MR) is 75.9 cm³/mol. The molecule has 1 unspecified atom stereocenters. The van der Waals surface area contributed by atoms with E-state index in [1.54, 1.807) is 6.92 Å². The molecule has 2 heterocycles. The van der Waals surface area contributed by atoms with Crippen LogP contribution in [0.2, 0.25) is 0 Å². The summed E-state index contributed by atoms with van der Waals surface area (Å²) in [4.78, 5) is 16.9. The van der Waals surface area contributed by atoms with Crippen LogP contribution in [0.25, 0.3) is 10.9 Å². The van der Waals surface area contributed by atoms with Crippen molar-refractivity contribution in [3.63, 3.8) is 0 Å². The number of β-amino-alcohol motifs (C(OH)–C–C–N with tert-alkyl or cyclic N) is 1. The summed E-state index contributed by atoms with van der Waals surface area (Å²) in [5, 5.41) is 22.1. The van der Waals surface area contributed by atoms with Gasteiger partial charge in [-0.25, -0.2) is 4.98 Å². The van der Waals surface area contributed by atoms with Crippen molar-refractivity contribution in [3.05, 3.63) is 40.6 Å². The van der Waals surface area contributed by atoms with Crippen molar-refractivity contribution in [2.75, 3.05) is 18.0 Å². The molecule has 6 heteroatoms. The molecule has 1 atom stereocenters. The molecular weight excluding hydrogens is 258 g/mol. The van der Waals surface area contributed by atoms with E-state index in [2.05, 4.69) is 4.98 Å². The van der Waals surface area contributed by atoms with E-state index in [-0.39, 0.29) is 5.69 Å². The minimum atomic E-state index is -0.807. The molecule has 0 radical (unpaired) electrons. The van der Waals surface area contributed by atoms with Gasteiger partial charge in [-0.3, -0.25) is 10.1 Å². The fraction of sp³-hybridized carbons (Fsp3) is 0.357. The molecule has 1 N–H and O–H groups in total. The van der Waals surface area contributed by atoms with Crippen molar-refractivity contribution in [2.24, 2.45) is 0 Å². The van der Waals surface area contributed by atoms with Crippen LogP contribution in [0.3, 0.4) is 0 Å². The van der Waals surface area contributed by atoms with Crippen LogP contribution in [-0.2, 0) is 0 Å². The first-order valence-corrected chi connectivity index (χ1v) is 6.47. The standard InChI is InChI=1S/C14H15N3O3/c1-14(18)6-7-16(9-14)13-10-4-2-3-5-11(10)15-8-12(13)17(19)20/h2-5,8,18H,6-7,9H2,1H3.